The van der Waals surface area contributed by atoms with E-state index in [0.29, 0.717) is 11.4 Å². The van der Waals surface area contributed by atoms with Gasteiger partial charge in [-0.1, -0.05) is 158 Å². The van der Waals surface area contributed by atoms with E-state index in [1.165, 1.54) is 22.3 Å². The van der Waals surface area contributed by atoms with Crippen LogP contribution in [0.2, 0.25) is 0 Å². The van der Waals surface area contributed by atoms with E-state index >= 15 is 0 Å². The first-order chi connectivity index (χ1) is 28.7. The summed E-state index contributed by atoms with van der Waals surface area (Å²) >= 11 is 0. The Balaban J connectivity index is 1.14. The lowest BCUT2D eigenvalue weighted by Gasteiger charge is -2.39. The minimum absolute atomic E-state index is 0.633. The molecule has 0 radical (unpaired) electrons. The van der Waals surface area contributed by atoms with Crippen LogP contribution < -0.4 is 4.74 Å². The third kappa shape index (κ3) is 5.29. The van der Waals surface area contributed by atoms with Crippen LogP contribution in [-0.4, -0.2) is 9.97 Å². The van der Waals surface area contributed by atoms with Gasteiger partial charge in [-0.05, 0) is 87.0 Å². The topological polar surface area (TPSA) is 58.8 Å². The third-order valence-corrected chi connectivity index (χ3v) is 11.6. The van der Waals surface area contributed by atoms with Crippen molar-refractivity contribution in [2.45, 2.75) is 5.41 Å². The maximum Gasteiger partial charge on any atom is 0.160 e. The number of benzene rings is 8. The van der Waals surface area contributed by atoms with Crippen LogP contribution in [0.25, 0.3) is 67.3 Å². The summed E-state index contributed by atoms with van der Waals surface area (Å²) in [6.07, 6.45) is 0. The van der Waals surface area contributed by atoms with Crippen molar-refractivity contribution in [3.8, 4) is 84.9 Å². The van der Waals surface area contributed by atoms with Gasteiger partial charge in [0, 0.05) is 27.8 Å². The van der Waals surface area contributed by atoms with E-state index in [1.54, 1.807) is 0 Å². The Morgan fingerprint density at radius 3 is 1.52 bits per heavy atom. The number of ether oxygens (including phenoxy) is 1. The van der Waals surface area contributed by atoms with E-state index in [1.807, 2.05) is 54.6 Å². The van der Waals surface area contributed by atoms with Gasteiger partial charge in [-0.15, -0.1) is 0 Å². The Morgan fingerprint density at radius 1 is 0.379 bits per heavy atom. The number of hydrogen-bond acceptors (Lipinski definition) is 4. The Kier molecular flexibility index (Phi) is 7.74. The second kappa shape index (κ2) is 13.4. The average Bonchev–Trinajstić information content (AvgIpc) is 3.58. The first-order valence-electron chi connectivity index (χ1n) is 19.4. The molecule has 270 valence electrons. The summed E-state index contributed by atoms with van der Waals surface area (Å²) in [7, 11) is 0. The molecule has 0 fully saturated rings. The molecule has 1 spiro atoms. The van der Waals surface area contributed by atoms with E-state index in [9.17, 15) is 5.26 Å². The fourth-order valence-corrected chi connectivity index (χ4v) is 8.93. The van der Waals surface area contributed by atoms with Crippen LogP contribution in [0.5, 0.6) is 11.5 Å². The van der Waals surface area contributed by atoms with Crippen molar-refractivity contribution in [1.82, 2.24) is 9.97 Å². The lowest BCUT2D eigenvalue weighted by molar-refractivity contribution is 0.436. The Morgan fingerprint density at radius 2 is 0.862 bits per heavy atom. The highest BCUT2D eigenvalue weighted by molar-refractivity contribution is 5.92. The van der Waals surface area contributed by atoms with Crippen LogP contribution in [-0.2, 0) is 5.41 Å². The monoisotopic (exact) mass is 739 g/mol. The van der Waals surface area contributed by atoms with Crippen molar-refractivity contribution in [2.75, 3.05) is 0 Å². The summed E-state index contributed by atoms with van der Waals surface area (Å²) in [6, 6.07) is 71.9. The number of nitriles is 1. The number of rotatable bonds is 5. The average molecular weight is 740 g/mol. The highest BCUT2D eigenvalue weighted by Gasteiger charge is 2.51. The van der Waals surface area contributed by atoms with E-state index in [0.717, 1.165) is 73.0 Å². The van der Waals surface area contributed by atoms with Crippen LogP contribution in [0, 0.1) is 11.3 Å². The van der Waals surface area contributed by atoms with E-state index in [2.05, 4.69) is 152 Å². The van der Waals surface area contributed by atoms with Crippen molar-refractivity contribution in [2.24, 2.45) is 0 Å². The molecule has 0 saturated heterocycles. The van der Waals surface area contributed by atoms with Gasteiger partial charge in [0.15, 0.2) is 5.82 Å². The molecule has 0 atom stereocenters. The van der Waals surface area contributed by atoms with Crippen LogP contribution in [0.15, 0.2) is 200 Å². The summed E-state index contributed by atoms with van der Waals surface area (Å²) in [4.78, 5) is 10.4. The summed E-state index contributed by atoms with van der Waals surface area (Å²) in [6.45, 7) is 0. The van der Waals surface area contributed by atoms with E-state index in [4.69, 9.17) is 14.7 Å². The van der Waals surface area contributed by atoms with Gasteiger partial charge in [0.1, 0.15) is 11.5 Å². The van der Waals surface area contributed by atoms with Crippen LogP contribution in [0.3, 0.4) is 0 Å². The molecule has 58 heavy (non-hydrogen) atoms. The standard InChI is InChI=1S/C54H33N3O/c55-34-35-12-11-17-40(30-35)41-26-28-43-44-29-27-42(32-48(44)54(47(43)31-41)45-18-7-9-20-51(45)58-52-21-10-8-19-46(52)54)50-33-49(56-53(57-50)39-15-5-2-6-16-39)38-24-22-37(23-25-38)36-13-3-1-4-14-36/h1-33H. The number of nitrogens with zero attached hydrogens (tertiary/aromatic N) is 3. The quantitative estimate of drug-likeness (QED) is 0.176. The molecule has 0 N–H and O–H groups in total. The number of para-hydroxylation sites is 2. The Hall–Kier alpha value is -7.87. The lowest BCUT2D eigenvalue weighted by Crippen LogP contribution is -2.32. The minimum Gasteiger partial charge on any atom is -0.457 e. The van der Waals surface area contributed by atoms with Gasteiger partial charge >= 0.3 is 0 Å². The van der Waals surface area contributed by atoms with Crippen molar-refractivity contribution >= 4 is 0 Å². The lowest BCUT2D eigenvalue weighted by atomic mass is 9.65. The van der Waals surface area contributed by atoms with Gasteiger partial charge in [-0.25, -0.2) is 9.97 Å². The minimum atomic E-state index is -0.694. The van der Waals surface area contributed by atoms with Crippen LogP contribution in [0.1, 0.15) is 27.8 Å². The molecule has 1 aromatic heterocycles. The van der Waals surface area contributed by atoms with E-state index in [-0.39, 0.29) is 0 Å². The first-order valence-corrected chi connectivity index (χ1v) is 19.4. The zero-order valence-electron chi connectivity index (χ0n) is 31.3. The smallest absolute Gasteiger partial charge is 0.160 e. The number of hydrogen-bond donors (Lipinski definition) is 0. The molecule has 1 aliphatic heterocycles. The molecule has 0 bridgehead atoms. The molecule has 0 unspecified atom stereocenters. The molecule has 8 aromatic carbocycles. The predicted octanol–water partition coefficient (Wildman–Crippen LogP) is 13.2. The van der Waals surface area contributed by atoms with Crippen LogP contribution >= 0.6 is 0 Å². The number of aromatic nitrogens is 2. The summed E-state index contributed by atoms with van der Waals surface area (Å²) in [5.74, 6) is 2.33. The summed E-state index contributed by atoms with van der Waals surface area (Å²) in [5.41, 5.74) is 15.8. The number of fused-ring (bicyclic) bond motifs is 9. The van der Waals surface area contributed by atoms with Gasteiger partial charge in [0.05, 0.1) is 28.4 Å². The predicted molar refractivity (Wildman–Crippen MR) is 231 cm³/mol. The molecular formula is C54H33N3O. The van der Waals surface area contributed by atoms with Gasteiger partial charge in [-0.3, -0.25) is 0 Å². The third-order valence-electron chi connectivity index (χ3n) is 11.6. The molecule has 0 amide bonds. The van der Waals surface area contributed by atoms with Crippen molar-refractivity contribution < 1.29 is 4.74 Å². The zero-order chi connectivity index (χ0) is 38.6. The second-order valence-electron chi connectivity index (χ2n) is 14.8. The van der Waals surface area contributed by atoms with E-state index < -0.39 is 5.41 Å². The maximum absolute atomic E-state index is 9.76. The normalized spacial score (nSPS) is 12.7. The summed E-state index contributed by atoms with van der Waals surface area (Å²) < 4.78 is 6.66. The first kappa shape index (κ1) is 33.5. The molecule has 2 aliphatic rings. The fourth-order valence-electron chi connectivity index (χ4n) is 8.93. The molecule has 1 aliphatic carbocycles. The van der Waals surface area contributed by atoms with Crippen molar-refractivity contribution in [3.05, 3.63) is 228 Å². The van der Waals surface area contributed by atoms with Crippen molar-refractivity contribution in [3.63, 3.8) is 0 Å². The Bertz CT molecular complexity index is 3050. The molecule has 2 heterocycles. The van der Waals surface area contributed by atoms with Crippen molar-refractivity contribution in [1.29, 1.82) is 5.26 Å². The molecule has 0 saturated carbocycles. The highest BCUT2D eigenvalue weighted by atomic mass is 16.5. The van der Waals surface area contributed by atoms with Gasteiger partial charge in [0.25, 0.3) is 0 Å². The SMILES string of the molecule is N#Cc1cccc(-c2ccc3c(c2)C2(c4ccccc4Oc4ccccc42)c2cc(-c4cc(-c5ccc(-c6ccccc6)cc5)nc(-c5ccccc5)n4)ccc2-3)c1. The molecular weight excluding hydrogens is 707 g/mol. The second-order valence-corrected chi connectivity index (χ2v) is 14.8. The molecule has 9 aromatic rings. The molecule has 4 heteroatoms. The van der Waals surface area contributed by atoms with Gasteiger partial charge in [-0.2, -0.15) is 5.26 Å². The largest absolute Gasteiger partial charge is 0.457 e. The Labute approximate surface area is 337 Å². The fraction of sp³-hybridized carbons (Fsp3) is 0.0185. The molecule has 4 nitrogen and oxygen atoms in total. The maximum atomic E-state index is 9.76. The van der Waals surface area contributed by atoms with Crippen LogP contribution in [0.4, 0.5) is 0 Å². The highest BCUT2D eigenvalue weighted by Crippen LogP contribution is 2.62. The van der Waals surface area contributed by atoms with Gasteiger partial charge < -0.3 is 4.74 Å². The zero-order valence-corrected chi connectivity index (χ0v) is 31.3. The summed E-state index contributed by atoms with van der Waals surface area (Å²) in [5, 5.41) is 9.76. The molecule has 11 rings (SSSR count). The van der Waals surface area contributed by atoms with Gasteiger partial charge in [0.2, 0.25) is 0 Å².